The van der Waals surface area contributed by atoms with Crippen molar-refractivity contribution in [1.29, 1.82) is 0 Å². The number of amides is 1. The molecule has 0 aliphatic heterocycles. The number of aliphatic hydroxyl groups is 2. The number of hydrogen-bond acceptors (Lipinski definition) is 6. The zero-order valence-electron chi connectivity index (χ0n) is 18.1. The predicted molar refractivity (Wildman–Crippen MR) is 118 cm³/mol. The Balaban J connectivity index is 1.94. The van der Waals surface area contributed by atoms with Crippen LogP contribution in [-0.4, -0.2) is 40.4 Å². The second-order valence-electron chi connectivity index (χ2n) is 7.32. The molecule has 0 fully saturated rings. The third-order valence-electron chi connectivity index (χ3n) is 4.60. The van der Waals surface area contributed by atoms with E-state index in [9.17, 15) is 27.5 Å². The number of hydrogen-bond donors (Lipinski definition) is 3. The summed E-state index contributed by atoms with van der Waals surface area (Å²) >= 11 is 5.82. The van der Waals surface area contributed by atoms with Crippen molar-refractivity contribution in [2.45, 2.75) is 19.2 Å². The van der Waals surface area contributed by atoms with Gasteiger partial charge >= 0.3 is 6.18 Å². The smallest absolute Gasteiger partial charge is 0.417 e. The molecule has 0 spiro atoms. The van der Waals surface area contributed by atoms with Crippen molar-refractivity contribution < 1.29 is 42.0 Å². The highest BCUT2D eigenvalue weighted by molar-refractivity contribution is 6.32. The van der Waals surface area contributed by atoms with E-state index in [1.165, 1.54) is 31.3 Å². The number of nitrogens with one attached hydrogen (secondary N) is 1. The fraction of sp³-hybridized carbons (Fsp3) is 0.217. The van der Waals surface area contributed by atoms with E-state index in [0.717, 1.165) is 18.2 Å². The maximum atomic E-state index is 13.4. The van der Waals surface area contributed by atoms with E-state index in [1.54, 1.807) is 0 Å². The molecule has 0 unspecified atom stereocenters. The van der Waals surface area contributed by atoms with E-state index in [4.69, 9.17) is 26.2 Å². The van der Waals surface area contributed by atoms with Crippen LogP contribution >= 0.6 is 11.6 Å². The largest absolute Gasteiger partial charge is 0.475 e. The average molecular weight is 515 g/mol. The van der Waals surface area contributed by atoms with Crippen molar-refractivity contribution >= 4 is 23.2 Å². The van der Waals surface area contributed by atoms with E-state index in [1.807, 2.05) is 0 Å². The van der Waals surface area contributed by atoms with E-state index in [-0.39, 0.29) is 29.5 Å². The fourth-order valence-corrected chi connectivity index (χ4v) is 3.15. The summed E-state index contributed by atoms with van der Waals surface area (Å²) in [5, 5.41) is 20.0. The van der Waals surface area contributed by atoms with Gasteiger partial charge in [0.2, 0.25) is 5.88 Å². The van der Waals surface area contributed by atoms with Crippen LogP contribution in [0.1, 0.15) is 21.5 Å². The number of carbonyl (C=O) groups excluding carboxylic acids is 1. The molecule has 1 aromatic heterocycles. The van der Waals surface area contributed by atoms with Crippen molar-refractivity contribution in [3.8, 4) is 17.4 Å². The molecule has 3 aromatic rings. The third-order valence-corrected chi connectivity index (χ3v) is 4.92. The number of alkyl halides is 3. The van der Waals surface area contributed by atoms with Crippen LogP contribution in [0.5, 0.6) is 17.4 Å². The Kier molecular flexibility index (Phi) is 8.15. The molecule has 0 aliphatic carbocycles. The average Bonchev–Trinajstić information content (AvgIpc) is 2.79. The maximum absolute atomic E-state index is 13.4. The van der Waals surface area contributed by atoms with Crippen LogP contribution in [0.15, 0.2) is 48.7 Å². The summed E-state index contributed by atoms with van der Waals surface area (Å²) in [6.07, 6.45) is -4.67. The molecule has 0 saturated heterocycles. The summed E-state index contributed by atoms with van der Waals surface area (Å²) in [6, 6.07) is 7.53. The molecular weight excluding hydrogens is 496 g/mol. The zero-order valence-corrected chi connectivity index (χ0v) is 18.8. The van der Waals surface area contributed by atoms with E-state index in [2.05, 4.69) is 10.3 Å². The number of aromatic nitrogens is 1. The van der Waals surface area contributed by atoms with Crippen molar-refractivity contribution in [1.82, 2.24) is 4.98 Å². The predicted octanol–water partition coefficient (Wildman–Crippen LogP) is 4.98. The first-order chi connectivity index (χ1) is 16.5. The van der Waals surface area contributed by atoms with Gasteiger partial charge in [0.25, 0.3) is 5.91 Å². The van der Waals surface area contributed by atoms with E-state index < -0.39 is 46.9 Å². The Morgan fingerprint density at radius 2 is 1.91 bits per heavy atom. The summed E-state index contributed by atoms with van der Waals surface area (Å²) in [5.41, 5.74) is -1.08. The van der Waals surface area contributed by atoms with Gasteiger partial charge in [0.05, 0.1) is 22.8 Å². The lowest BCUT2D eigenvalue weighted by molar-refractivity contribution is -0.137. The number of carbonyl (C=O) groups is 1. The Morgan fingerprint density at radius 3 is 2.57 bits per heavy atom. The third kappa shape index (κ3) is 6.81. The quantitative estimate of drug-likeness (QED) is 0.367. The van der Waals surface area contributed by atoms with Crippen LogP contribution in [-0.2, 0) is 6.18 Å². The summed E-state index contributed by atoms with van der Waals surface area (Å²) in [4.78, 5) is 16.9. The van der Waals surface area contributed by atoms with Gasteiger partial charge < -0.3 is 25.0 Å². The Morgan fingerprint density at radius 1 is 1.17 bits per heavy atom. The SMILES string of the molecule is Cc1cc(F)ccc1Oc1cc(C(F)(F)F)c(Cl)cc1C(=O)Nc1ccnc(OC[C@H](O)CO)c1. The van der Waals surface area contributed by atoms with Crippen LogP contribution in [0.25, 0.3) is 0 Å². The lowest BCUT2D eigenvalue weighted by atomic mass is 10.1. The van der Waals surface area contributed by atoms with Gasteiger partial charge in [0, 0.05) is 18.0 Å². The van der Waals surface area contributed by atoms with Gasteiger partial charge in [0.1, 0.15) is 30.0 Å². The number of ether oxygens (including phenoxy) is 2. The number of rotatable bonds is 8. The van der Waals surface area contributed by atoms with Crippen LogP contribution in [0, 0.1) is 12.7 Å². The monoisotopic (exact) mass is 514 g/mol. The first-order valence-electron chi connectivity index (χ1n) is 10.0. The summed E-state index contributed by atoms with van der Waals surface area (Å²) < 4.78 is 64.5. The van der Waals surface area contributed by atoms with Crippen molar-refractivity contribution in [2.24, 2.45) is 0 Å². The molecule has 2 aromatic carbocycles. The van der Waals surface area contributed by atoms with Gasteiger partial charge in [0.15, 0.2) is 0 Å². The summed E-state index contributed by atoms with van der Waals surface area (Å²) in [5.74, 6) is -1.83. The van der Waals surface area contributed by atoms with E-state index >= 15 is 0 Å². The van der Waals surface area contributed by atoms with Crippen molar-refractivity contribution in [3.63, 3.8) is 0 Å². The van der Waals surface area contributed by atoms with Crippen molar-refractivity contribution in [3.05, 3.63) is 76.2 Å². The highest BCUT2D eigenvalue weighted by Gasteiger charge is 2.35. The first-order valence-corrected chi connectivity index (χ1v) is 10.4. The molecule has 35 heavy (non-hydrogen) atoms. The lowest BCUT2D eigenvalue weighted by Gasteiger charge is -2.17. The van der Waals surface area contributed by atoms with Gasteiger partial charge in [-0.05, 0) is 48.9 Å². The number of anilines is 1. The highest BCUT2D eigenvalue weighted by Crippen LogP contribution is 2.40. The van der Waals surface area contributed by atoms with Crippen LogP contribution in [0.2, 0.25) is 5.02 Å². The normalized spacial score (nSPS) is 12.2. The molecule has 0 aliphatic rings. The number of pyridine rings is 1. The van der Waals surface area contributed by atoms with Crippen LogP contribution < -0.4 is 14.8 Å². The number of halogens is 5. The molecule has 12 heteroatoms. The minimum absolute atomic E-state index is 0.0131. The molecule has 1 amide bonds. The molecule has 0 radical (unpaired) electrons. The number of aryl methyl sites for hydroxylation is 1. The van der Waals surface area contributed by atoms with Gasteiger partial charge in [-0.1, -0.05) is 11.6 Å². The Hall–Kier alpha value is -3.41. The summed E-state index contributed by atoms with van der Waals surface area (Å²) in [7, 11) is 0. The molecule has 1 heterocycles. The highest BCUT2D eigenvalue weighted by atomic mass is 35.5. The first kappa shape index (κ1) is 26.2. The zero-order chi connectivity index (χ0) is 25.8. The standard InChI is InChI=1S/C23H19ClF4N2O5/c1-12-6-13(25)2-3-19(12)35-20-9-17(23(26,27)28)18(24)8-16(20)22(33)30-14-4-5-29-21(7-14)34-11-15(32)10-31/h2-9,15,31-32H,10-11H2,1H3,(H,29,30,33)/t15-/m1/s1. The second kappa shape index (κ2) is 10.9. The van der Waals surface area contributed by atoms with Gasteiger partial charge in [-0.3, -0.25) is 4.79 Å². The topological polar surface area (TPSA) is 101 Å². The molecule has 3 rings (SSSR count). The Labute approximate surface area is 201 Å². The molecule has 1 atom stereocenters. The summed E-state index contributed by atoms with van der Waals surface area (Å²) in [6.45, 7) is 0.705. The maximum Gasteiger partial charge on any atom is 0.417 e. The Bertz CT molecular complexity index is 1220. The van der Waals surface area contributed by atoms with Crippen LogP contribution in [0.4, 0.5) is 23.2 Å². The molecule has 7 nitrogen and oxygen atoms in total. The molecule has 3 N–H and O–H groups in total. The fourth-order valence-electron chi connectivity index (χ4n) is 2.88. The van der Waals surface area contributed by atoms with E-state index in [0.29, 0.717) is 11.6 Å². The molecule has 0 saturated carbocycles. The number of nitrogens with zero attached hydrogens (tertiary/aromatic N) is 1. The minimum atomic E-state index is -4.82. The molecule has 0 bridgehead atoms. The minimum Gasteiger partial charge on any atom is -0.475 e. The van der Waals surface area contributed by atoms with Gasteiger partial charge in [-0.2, -0.15) is 13.2 Å². The molecular formula is C23H19ClF4N2O5. The molecule has 186 valence electrons. The van der Waals surface area contributed by atoms with Crippen LogP contribution in [0.3, 0.4) is 0 Å². The second-order valence-corrected chi connectivity index (χ2v) is 7.73. The number of aliphatic hydroxyl groups excluding tert-OH is 2. The lowest BCUT2D eigenvalue weighted by Crippen LogP contribution is -2.21. The van der Waals surface area contributed by atoms with Crippen molar-refractivity contribution in [2.75, 3.05) is 18.5 Å². The van der Waals surface area contributed by atoms with Gasteiger partial charge in [-0.15, -0.1) is 0 Å². The van der Waals surface area contributed by atoms with Gasteiger partial charge in [-0.25, -0.2) is 9.37 Å². The number of benzene rings is 2.